The molecule has 7 heteroatoms. The fourth-order valence-corrected chi connectivity index (χ4v) is 2.55. The van der Waals surface area contributed by atoms with Crippen molar-refractivity contribution in [3.05, 3.63) is 68.7 Å². The lowest BCUT2D eigenvalue weighted by Gasteiger charge is -2.11. The van der Waals surface area contributed by atoms with E-state index < -0.39 is 0 Å². The summed E-state index contributed by atoms with van der Waals surface area (Å²) in [5.41, 5.74) is 1.70. The van der Waals surface area contributed by atoms with E-state index in [2.05, 4.69) is 10.3 Å². The van der Waals surface area contributed by atoms with E-state index in [0.717, 1.165) is 5.69 Å². The highest BCUT2D eigenvalue weighted by molar-refractivity contribution is 6.31. The van der Waals surface area contributed by atoms with Gasteiger partial charge in [-0.15, -0.1) is 0 Å². The Balaban J connectivity index is 1.89. The van der Waals surface area contributed by atoms with Crippen LogP contribution in [0.4, 0.5) is 5.69 Å². The second-order valence-corrected chi connectivity index (χ2v) is 5.73. The van der Waals surface area contributed by atoms with Crippen molar-refractivity contribution >= 4 is 34.5 Å². The van der Waals surface area contributed by atoms with E-state index in [1.165, 1.54) is 10.5 Å². The lowest BCUT2D eigenvalue weighted by atomic mass is 10.2. The van der Waals surface area contributed by atoms with Gasteiger partial charge in [-0.05, 0) is 30.3 Å². The first kappa shape index (κ1) is 15.6. The maximum Gasteiger partial charge on any atom is 0.258 e. The molecule has 0 amide bonds. The van der Waals surface area contributed by atoms with Crippen molar-refractivity contribution in [2.45, 2.75) is 6.54 Å². The Kier molecular flexibility index (Phi) is 4.41. The molecule has 23 heavy (non-hydrogen) atoms. The Bertz CT molecular complexity index is 925. The van der Waals surface area contributed by atoms with Crippen LogP contribution in [-0.2, 0) is 6.54 Å². The van der Waals surface area contributed by atoms with Gasteiger partial charge in [-0.1, -0.05) is 23.2 Å². The molecule has 5 nitrogen and oxygen atoms in total. The maximum absolute atomic E-state index is 12.1. The quantitative estimate of drug-likeness (QED) is 0.781. The minimum absolute atomic E-state index is 0.188. The minimum atomic E-state index is -0.188. The molecule has 0 unspecified atom stereocenters. The number of anilines is 1. The van der Waals surface area contributed by atoms with Crippen LogP contribution in [0, 0.1) is 0 Å². The number of hydrogen-bond donors (Lipinski definition) is 1. The summed E-state index contributed by atoms with van der Waals surface area (Å²) < 4.78 is 6.68. The van der Waals surface area contributed by atoms with E-state index in [-0.39, 0.29) is 5.56 Å². The molecule has 0 fully saturated rings. The van der Waals surface area contributed by atoms with Crippen LogP contribution in [0.15, 0.2) is 47.4 Å². The standard InChI is InChI=1S/C16H13Cl2N3O2/c1-23-14-4-2-10(17)6-13(14)19-8-12-7-16(22)21-9-11(18)3-5-15(21)20-12/h2-7,9,19H,8H2,1H3. The van der Waals surface area contributed by atoms with Crippen molar-refractivity contribution in [3.8, 4) is 5.75 Å². The summed E-state index contributed by atoms with van der Waals surface area (Å²) in [6, 6.07) is 10.1. The van der Waals surface area contributed by atoms with Gasteiger partial charge in [0.2, 0.25) is 0 Å². The molecule has 1 N–H and O–H groups in total. The predicted octanol–water partition coefficient (Wildman–Crippen LogP) is 3.62. The number of halogens is 2. The van der Waals surface area contributed by atoms with Gasteiger partial charge in [0.05, 0.1) is 30.1 Å². The van der Waals surface area contributed by atoms with E-state index in [4.69, 9.17) is 27.9 Å². The van der Waals surface area contributed by atoms with Gasteiger partial charge in [-0.2, -0.15) is 0 Å². The van der Waals surface area contributed by atoms with Gasteiger partial charge in [0.25, 0.3) is 5.56 Å². The van der Waals surface area contributed by atoms with Crippen LogP contribution < -0.4 is 15.6 Å². The average molecular weight is 350 g/mol. The van der Waals surface area contributed by atoms with Crippen LogP contribution in [-0.4, -0.2) is 16.5 Å². The molecule has 0 radical (unpaired) electrons. The molecule has 2 heterocycles. The third-order valence-corrected chi connectivity index (χ3v) is 3.76. The molecule has 3 aromatic rings. The van der Waals surface area contributed by atoms with Crippen LogP contribution in [0.2, 0.25) is 10.0 Å². The molecule has 0 atom stereocenters. The fraction of sp³-hybridized carbons (Fsp3) is 0.125. The summed E-state index contributed by atoms with van der Waals surface area (Å²) in [6.07, 6.45) is 1.55. The number of fused-ring (bicyclic) bond motifs is 1. The van der Waals surface area contributed by atoms with Crippen LogP contribution in [0.1, 0.15) is 5.69 Å². The average Bonchev–Trinajstić information content (AvgIpc) is 2.54. The topological polar surface area (TPSA) is 55.6 Å². The first-order valence-electron chi connectivity index (χ1n) is 6.82. The molecule has 0 aliphatic heterocycles. The number of nitrogens with one attached hydrogen (secondary N) is 1. The number of ether oxygens (including phenoxy) is 1. The minimum Gasteiger partial charge on any atom is -0.495 e. The van der Waals surface area contributed by atoms with Crippen LogP contribution in [0.3, 0.4) is 0 Å². The molecule has 0 saturated heterocycles. The third-order valence-electron chi connectivity index (χ3n) is 3.30. The number of hydrogen-bond acceptors (Lipinski definition) is 4. The summed E-state index contributed by atoms with van der Waals surface area (Å²) in [6.45, 7) is 0.366. The van der Waals surface area contributed by atoms with Crippen LogP contribution >= 0.6 is 23.2 Å². The zero-order valence-corrected chi connectivity index (χ0v) is 13.7. The molecule has 0 aliphatic carbocycles. The third kappa shape index (κ3) is 3.41. The van der Waals surface area contributed by atoms with E-state index in [1.807, 2.05) is 0 Å². The normalized spacial score (nSPS) is 10.7. The smallest absolute Gasteiger partial charge is 0.258 e. The Morgan fingerprint density at radius 3 is 2.74 bits per heavy atom. The van der Waals surface area contributed by atoms with Gasteiger partial charge in [-0.3, -0.25) is 9.20 Å². The first-order chi connectivity index (χ1) is 11.1. The number of rotatable bonds is 4. The molecule has 3 rings (SSSR count). The van der Waals surface area contributed by atoms with Crippen LogP contribution in [0.5, 0.6) is 5.75 Å². The van der Waals surface area contributed by atoms with E-state index in [0.29, 0.717) is 33.7 Å². The van der Waals surface area contributed by atoms with Crippen molar-refractivity contribution in [1.82, 2.24) is 9.38 Å². The molecular weight excluding hydrogens is 337 g/mol. The predicted molar refractivity (Wildman–Crippen MR) is 91.8 cm³/mol. The molecule has 1 aromatic carbocycles. The number of pyridine rings is 1. The highest BCUT2D eigenvalue weighted by Gasteiger charge is 2.06. The Morgan fingerprint density at radius 2 is 1.96 bits per heavy atom. The number of nitrogens with zero attached hydrogens (tertiary/aromatic N) is 2. The first-order valence-corrected chi connectivity index (χ1v) is 7.57. The van der Waals surface area contributed by atoms with Gasteiger partial charge in [0.15, 0.2) is 0 Å². The van der Waals surface area contributed by atoms with Crippen molar-refractivity contribution in [2.75, 3.05) is 12.4 Å². The van der Waals surface area contributed by atoms with Gasteiger partial charge in [0, 0.05) is 17.3 Å². The number of methoxy groups -OCH3 is 1. The number of benzene rings is 1. The van der Waals surface area contributed by atoms with Gasteiger partial charge < -0.3 is 10.1 Å². The largest absolute Gasteiger partial charge is 0.495 e. The lowest BCUT2D eigenvalue weighted by Crippen LogP contribution is -2.16. The second-order valence-electron chi connectivity index (χ2n) is 4.86. The Hall–Kier alpha value is -2.24. The summed E-state index contributed by atoms with van der Waals surface area (Å²) in [5, 5.41) is 4.25. The van der Waals surface area contributed by atoms with Gasteiger partial charge in [0.1, 0.15) is 11.4 Å². The van der Waals surface area contributed by atoms with E-state index in [9.17, 15) is 4.79 Å². The van der Waals surface area contributed by atoms with Crippen molar-refractivity contribution in [2.24, 2.45) is 0 Å². The van der Waals surface area contributed by atoms with Crippen molar-refractivity contribution in [1.29, 1.82) is 0 Å². The molecule has 0 spiro atoms. The number of aromatic nitrogens is 2. The van der Waals surface area contributed by atoms with E-state index >= 15 is 0 Å². The zero-order chi connectivity index (χ0) is 16.4. The lowest BCUT2D eigenvalue weighted by molar-refractivity contribution is 0.416. The summed E-state index contributed by atoms with van der Waals surface area (Å²) in [5.74, 6) is 0.665. The monoisotopic (exact) mass is 349 g/mol. The Labute approximate surface area is 142 Å². The molecule has 0 aliphatic rings. The maximum atomic E-state index is 12.1. The Morgan fingerprint density at radius 1 is 1.17 bits per heavy atom. The van der Waals surface area contributed by atoms with Gasteiger partial charge in [-0.25, -0.2) is 4.98 Å². The molecular formula is C16H13Cl2N3O2. The zero-order valence-electron chi connectivity index (χ0n) is 12.2. The molecule has 0 bridgehead atoms. The fourth-order valence-electron chi connectivity index (χ4n) is 2.22. The molecule has 118 valence electrons. The van der Waals surface area contributed by atoms with Crippen molar-refractivity contribution in [3.63, 3.8) is 0 Å². The van der Waals surface area contributed by atoms with Crippen molar-refractivity contribution < 1.29 is 4.74 Å². The summed E-state index contributed by atoms with van der Waals surface area (Å²) in [7, 11) is 1.58. The molecule has 0 saturated carbocycles. The highest BCUT2D eigenvalue weighted by atomic mass is 35.5. The highest BCUT2D eigenvalue weighted by Crippen LogP contribution is 2.27. The van der Waals surface area contributed by atoms with Gasteiger partial charge >= 0.3 is 0 Å². The summed E-state index contributed by atoms with van der Waals surface area (Å²) >= 11 is 11.9. The molecule has 2 aromatic heterocycles. The van der Waals surface area contributed by atoms with Crippen LogP contribution in [0.25, 0.3) is 5.65 Å². The second kappa shape index (κ2) is 6.48. The SMILES string of the molecule is COc1ccc(Cl)cc1NCc1cc(=O)n2cc(Cl)ccc2n1. The summed E-state index contributed by atoms with van der Waals surface area (Å²) in [4.78, 5) is 16.6. The van der Waals surface area contributed by atoms with E-state index in [1.54, 1.807) is 43.6 Å².